The van der Waals surface area contributed by atoms with Crippen LogP contribution in [0.5, 0.6) is 0 Å². The number of amides is 2. The van der Waals surface area contributed by atoms with Crippen molar-refractivity contribution in [3.63, 3.8) is 0 Å². The van der Waals surface area contributed by atoms with Gasteiger partial charge in [0.05, 0.1) is 11.1 Å². The predicted octanol–water partition coefficient (Wildman–Crippen LogP) is 2.97. The summed E-state index contributed by atoms with van der Waals surface area (Å²) in [6, 6.07) is 9.06. The van der Waals surface area contributed by atoms with Gasteiger partial charge >= 0.3 is 0 Å². The molecular formula is C15H10ClFN2O2. The van der Waals surface area contributed by atoms with E-state index in [9.17, 15) is 14.0 Å². The minimum Gasteiger partial charge on any atom is -0.381 e. The second kappa shape index (κ2) is 5.18. The topological polar surface area (TPSA) is 58.2 Å². The van der Waals surface area contributed by atoms with Gasteiger partial charge in [-0.25, -0.2) is 4.39 Å². The van der Waals surface area contributed by atoms with Crippen LogP contribution < -0.4 is 10.6 Å². The lowest BCUT2D eigenvalue weighted by atomic mass is 10.1. The number of carbonyl (C=O) groups is 2. The van der Waals surface area contributed by atoms with Crippen molar-refractivity contribution in [2.24, 2.45) is 0 Å². The Morgan fingerprint density at radius 1 is 1.05 bits per heavy atom. The van der Waals surface area contributed by atoms with Gasteiger partial charge in [0.15, 0.2) is 0 Å². The van der Waals surface area contributed by atoms with Crippen LogP contribution in [-0.2, 0) is 6.54 Å². The van der Waals surface area contributed by atoms with Gasteiger partial charge in [-0.2, -0.15) is 0 Å². The maximum atomic E-state index is 13.0. The molecule has 0 saturated heterocycles. The van der Waals surface area contributed by atoms with E-state index in [1.54, 1.807) is 24.3 Å². The van der Waals surface area contributed by atoms with E-state index in [1.807, 2.05) is 0 Å². The van der Waals surface area contributed by atoms with E-state index in [-0.39, 0.29) is 5.91 Å². The molecule has 2 aromatic carbocycles. The third-order valence-corrected chi connectivity index (χ3v) is 3.59. The monoisotopic (exact) mass is 304 g/mol. The molecule has 0 bridgehead atoms. The highest BCUT2D eigenvalue weighted by Gasteiger charge is 2.26. The Bertz CT molecular complexity index is 761. The minimum atomic E-state index is -0.404. The zero-order valence-corrected chi connectivity index (χ0v) is 11.5. The smallest absolute Gasteiger partial charge is 0.259 e. The van der Waals surface area contributed by atoms with Crippen molar-refractivity contribution in [3.05, 3.63) is 63.9 Å². The summed E-state index contributed by atoms with van der Waals surface area (Å²) in [4.78, 5) is 23.0. The number of nitrogens with one attached hydrogen (secondary N) is 2. The fraction of sp³-hybridized carbons (Fsp3) is 0.0667. The van der Waals surface area contributed by atoms with E-state index in [0.717, 1.165) is 5.56 Å². The molecule has 2 amide bonds. The summed E-state index contributed by atoms with van der Waals surface area (Å²) < 4.78 is 13.0. The molecule has 0 unspecified atom stereocenters. The van der Waals surface area contributed by atoms with Gasteiger partial charge in [0.2, 0.25) is 0 Å². The molecular weight excluding hydrogens is 295 g/mol. The molecule has 3 rings (SSSR count). The van der Waals surface area contributed by atoms with Gasteiger partial charge in [0, 0.05) is 17.3 Å². The molecule has 21 heavy (non-hydrogen) atoms. The number of halogens is 2. The van der Waals surface area contributed by atoms with Crippen LogP contribution in [0.3, 0.4) is 0 Å². The van der Waals surface area contributed by atoms with Gasteiger partial charge in [0.25, 0.3) is 11.8 Å². The van der Waals surface area contributed by atoms with Crippen molar-refractivity contribution >= 4 is 29.1 Å². The summed E-state index contributed by atoms with van der Waals surface area (Å²) in [5, 5.41) is 5.65. The first-order valence-electron chi connectivity index (χ1n) is 6.22. The molecule has 4 nitrogen and oxygen atoms in total. The lowest BCUT2D eigenvalue weighted by Crippen LogP contribution is -2.19. The van der Waals surface area contributed by atoms with Gasteiger partial charge in [-0.3, -0.25) is 14.9 Å². The molecule has 0 spiro atoms. The highest BCUT2D eigenvalue weighted by atomic mass is 35.5. The quantitative estimate of drug-likeness (QED) is 0.857. The van der Waals surface area contributed by atoms with Gasteiger partial charge in [-0.15, -0.1) is 0 Å². The summed E-state index contributed by atoms with van der Waals surface area (Å²) in [6.07, 6.45) is 0. The Hall–Kier alpha value is -2.40. The third-order valence-electron chi connectivity index (χ3n) is 3.23. The second-order valence-electron chi connectivity index (χ2n) is 4.63. The summed E-state index contributed by atoms with van der Waals surface area (Å²) >= 11 is 5.94. The molecule has 1 aliphatic rings. The molecule has 6 heteroatoms. The fourth-order valence-corrected chi connectivity index (χ4v) is 2.37. The first kappa shape index (κ1) is 13.6. The lowest BCUT2D eigenvalue weighted by Gasteiger charge is -2.09. The van der Waals surface area contributed by atoms with Crippen LogP contribution in [0.2, 0.25) is 5.02 Å². The van der Waals surface area contributed by atoms with Crippen LogP contribution in [0.15, 0.2) is 36.4 Å². The maximum Gasteiger partial charge on any atom is 0.259 e. The van der Waals surface area contributed by atoms with E-state index in [4.69, 9.17) is 11.6 Å². The van der Waals surface area contributed by atoms with E-state index in [2.05, 4.69) is 10.6 Å². The van der Waals surface area contributed by atoms with Crippen molar-refractivity contribution in [2.45, 2.75) is 6.54 Å². The molecule has 0 aliphatic carbocycles. The van der Waals surface area contributed by atoms with Gasteiger partial charge < -0.3 is 5.32 Å². The molecule has 1 heterocycles. The highest BCUT2D eigenvalue weighted by molar-refractivity contribution is 6.31. The second-order valence-corrected chi connectivity index (χ2v) is 5.04. The number of fused-ring (bicyclic) bond motifs is 1. The van der Waals surface area contributed by atoms with E-state index in [1.165, 1.54) is 12.1 Å². The van der Waals surface area contributed by atoms with Crippen LogP contribution in [0, 0.1) is 5.82 Å². The summed E-state index contributed by atoms with van der Waals surface area (Å²) in [7, 11) is 0. The molecule has 0 radical (unpaired) electrons. The maximum absolute atomic E-state index is 13.0. The first-order valence-corrected chi connectivity index (χ1v) is 6.60. The van der Waals surface area contributed by atoms with Crippen LogP contribution in [-0.4, -0.2) is 11.8 Å². The highest BCUT2D eigenvalue weighted by Crippen LogP contribution is 2.22. The largest absolute Gasteiger partial charge is 0.381 e. The Balaban J connectivity index is 1.79. The Morgan fingerprint density at radius 3 is 2.57 bits per heavy atom. The Morgan fingerprint density at radius 2 is 1.81 bits per heavy atom. The van der Waals surface area contributed by atoms with Crippen molar-refractivity contribution in [3.8, 4) is 0 Å². The standard InChI is InChI=1S/C15H10ClFN2O2/c16-13-5-9(17)2-1-8(13)7-18-10-3-4-11-12(6-10)15(21)19-14(11)20/h1-6,18H,7H2,(H,19,20,21). The number of carbonyl (C=O) groups excluding carboxylic acids is 2. The molecule has 2 aromatic rings. The molecule has 0 atom stereocenters. The number of rotatable bonds is 3. The Kier molecular flexibility index (Phi) is 3.35. The summed E-state index contributed by atoms with van der Waals surface area (Å²) in [5.41, 5.74) is 2.12. The van der Waals surface area contributed by atoms with E-state index in [0.29, 0.717) is 28.4 Å². The number of hydrogen-bond donors (Lipinski definition) is 2. The normalized spacial score (nSPS) is 13.0. The average Bonchev–Trinajstić information content (AvgIpc) is 2.73. The van der Waals surface area contributed by atoms with Gasteiger partial charge in [0.1, 0.15) is 5.82 Å². The zero-order chi connectivity index (χ0) is 15.0. The van der Waals surface area contributed by atoms with Crippen molar-refractivity contribution in [1.29, 1.82) is 0 Å². The molecule has 2 N–H and O–H groups in total. The summed E-state index contributed by atoms with van der Waals surface area (Å²) in [5.74, 6) is -1.18. The van der Waals surface area contributed by atoms with Crippen molar-refractivity contribution in [2.75, 3.05) is 5.32 Å². The first-order chi connectivity index (χ1) is 10.0. The van der Waals surface area contributed by atoms with Crippen LogP contribution in [0.25, 0.3) is 0 Å². The minimum absolute atomic E-state index is 0.330. The molecule has 0 aromatic heterocycles. The third kappa shape index (κ3) is 2.60. The molecule has 0 fully saturated rings. The van der Waals surface area contributed by atoms with E-state index < -0.39 is 11.7 Å². The van der Waals surface area contributed by atoms with Crippen LogP contribution >= 0.6 is 11.6 Å². The molecule has 0 saturated carbocycles. The number of benzene rings is 2. The number of hydrogen-bond acceptors (Lipinski definition) is 3. The van der Waals surface area contributed by atoms with Gasteiger partial charge in [-0.05, 0) is 35.9 Å². The fourth-order valence-electron chi connectivity index (χ4n) is 2.14. The zero-order valence-electron chi connectivity index (χ0n) is 10.7. The molecule has 106 valence electrons. The summed E-state index contributed by atoms with van der Waals surface area (Å²) in [6.45, 7) is 0.382. The molecule has 1 aliphatic heterocycles. The van der Waals surface area contributed by atoms with Crippen molar-refractivity contribution < 1.29 is 14.0 Å². The lowest BCUT2D eigenvalue weighted by molar-refractivity contribution is 0.0879. The van der Waals surface area contributed by atoms with Gasteiger partial charge in [-0.1, -0.05) is 17.7 Å². The van der Waals surface area contributed by atoms with E-state index >= 15 is 0 Å². The number of imide groups is 1. The van der Waals surface area contributed by atoms with Crippen LogP contribution in [0.1, 0.15) is 26.3 Å². The number of anilines is 1. The average molecular weight is 305 g/mol. The van der Waals surface area contributed by atoms with Crippen molar-refractivity contribution in [1.82, 2.24) is 5.32 Å². The van der Waals surface area contributed by atoms with Crippen LogP contribution in [0.4, 0.5) is 10.1 Å². The predicted molar refractivity (Wildman–Crippen MR) is 77.0 cm³/mol. The SMILES string of the molecule is O=C1NC(=O)c2cc(NCc3ccc(F)cc3Cl)ccc21. The Labute approximate surface area is 124 Å².